The Bertz CT molecular complexity index is 1200. The third kappa shape index (κ3) is 4.28. The summed E-state index contributed by atoms with van der Waals surface area (Å²) in [6.07, 6.45) is 1.61. The van der Waals surface area contributed by atoms with Gasteiger partial charge in [0.2, 0.25) is 12.7 Å². The Kier molecular flexibility index (Phi) is 5.44. The fourth-order valence-corrected chi connectivity index (χ4v) is 3.51. The molecular formula is C23H22N4O4. The van der Waals surface area contributed by atoms with Gasteiger partial charge in [0, 0.05) is 46.9 Å². The van der Waals surface area contributed by atoms with Gasteiger partial charge in [-0.1, -0.05) is 6.07 Å². The molecule has 0 saturated heterocycles. The van der Waals surface area contributed by atoms with E-state index >= 15 is 0 Å². The molecule has 0 atom stereocenters. The minimum absolute atomic E-state index is 0.201. The van der Waals surface area contributed by atoms with Crippen molar-refractivity contribution in [3.63, 3.8) is 0 Å². The molecule has 1 aliphatic heterocycles. The summed E-state index contributed by atoms with van der Waals surface area (Å²) in [6, 6.07) is 14.5. The molecule has 2 amide bonds. The van der Waals surface area contributed by atoms with E-state index in [2.05, 4.69) is 20.4 Å². The van der Waals surface area contributed by atoms with E-state index in [1.165, 1.54) is 6.92 Å². The van der Waals surface area contributed by atoms with Gasteiger partial charge in [-0.2, -0.15) is 5.10 Å². The molecular weight excluding hydrogens is 396 g/mol. The summed E-state index contributed by atoms with van der Waals surface area (Å²) in [7, 11) is 0. The molecule has 1 aliphatic rings. The van der Waals surface area contributed by atoms with Crippen LogP contribution in [0.3, 0.4) is 0 Å². The fourth-order valence-electron chi connectivity index (χ4n) is 3.51. The highest BCUT2D eigenvalue weighted by molar-refractivity contribution is 5.97. The molecule has 8 heteroatoms. The van der Waals surface area contributed by atoms with Crippen molar-refractivity contribution in [1.29, 1.82) is 0 Å². The normalized spacial score (nSPS) is 12.2. The Labute approximate surface area is 179 Å². The van der Waals surface area contributed by atoms with Crippen LogP contribution in [0.2, 0.25) is 0 Å². The van der Waals surface area contributed by atoms with E-state index in [1.807, 2.05) is 38.1 Å². The lowest BCUT2D eigenvalue weighted by Gasteiger charge is -2.10. The number of anilines is 1. The zero-order valence-corrected chi connectivity index (χ0v) is 17.4. The van der Waals surface area contributed by atoms with Crippen LogP contribution in [0.25, 0.3) is 5.69 Å². The predicted molar refractivity (Wildman–Crippen MR) is 117 cm³/mol. The lowest BCUT2D eigenvalue weighted by atomic mass is 10.2. The Hall–Kier alpha value is -4.07. The zero-order chi connectivity index (χ0) is 22.0. The number of hydrazone groups is 1. The van der Waals surface area contributed by atoms with Crippen molar-refractivity contribution in [1.82, 2.24) is 9.99 Å². The number of hydrogen-bond acceptors (Lipinski definition) is 5. The topological polar surface area (TPSA) is 94.0 Å². The van der Waals surface area contributed by atoms with Crippen LogP contribution in [-0.4, -0.2) is 29.4 Å². The third-order valence-electron chi connectivity index (χ3n) is 4.90. The van der Waals surface area contributed by atoms with Gasteiger partial charge in [0.25, 0.3) is 5.91 Å². The fraction of sp³-hybridized carbons (Fsp3) is 0.174. The Morgan fingerprint density at radius 1 is 1.06 bits per heavy atom. The molecule has 0 unspecified atom stereocenters. The van der Waals surface area contributed by atoms with Gasteiger partial charge in [-0.15, -0.1) is 0 Å². The molecule has 0 saturated carbocycles. The van der Waals surface area contributed by atoms with E-state index in [1.54, 1.807) is 30.5 Å². The largest absolute Gasteiger partial charge is 0.454 e. The number of carbonyl (C=O) groups is 2. The molecule has 3 aromatic rings. The van der Waals surface area contributed by atoms with Crippen LogP contribution in [0.1, 0.15) is 34.2 Å². The Balaban J connectivity index is 1.49. The van der Waals surface area contributed by atoms with Crippen LogP contribution in [0.15, 0.2) is 53.6 Å². The smallest absolute Gasteiger partial charge is 0.271 e. The van der Waals surface area contributed by atoms with Crippen LogP contribution in [0, 0.1) is 13.8 Å². The number of aryl methyl sites for hydroxylation is 1. The highest BCUT2D eigenvalue weighted by atomic mass is 16.7. The van der Waals surface area contributed by atoms with E-state index in [-0.39, 0.29) is 18.6 Å². The number of fused-ring (bicyclic) bond motifs is 1. The second-order valence-corrected chi connectivity index (χ2v) is 7.16. The van der Waals surface area contributed by atoms with Gasteiger partial charge in [0.1, 0.15) is 0 Å². The van der Waals surface area contributed by atoms with Crippen LogP contribution in [0.5, 0.6) is 11.5 Å². The van der Waals surface area contributed by atoms with E-state index < -0.39 is 0 Å². The number of aromatic nitrogens is 1. The van der Waals surface area contributed by atoms with E-state index in [0.717, 1.165) is 28.4 Å². The molecule has 158 valence electrons. The number of nitrogens with one attached hydrogen (secondary N) is 2. The lowest BCUT2D eigenvalue weighted by Crippen LogP contribution is -2.18. The average molecular weight is 418 g/mol. The van der Waals surface area contributed by atoms with Gasteiger partial charge in [-0.25, -0.2) is 5.43 Å². The number of benzene rings is 2. The predicted octanol–water partition coefficient (Wildman–Crippen LogP) is 3.55. The molecule has 2 heterocycles. The molecule has 2 aromatic carbocycles. The second-order valence-electron chi connectivity index (χ2n) is 7.16. The summed E-state index contributed by atoms with van der Waals surface area (Å²) in [6.45, 7) is 5.63. The highest BCUT2D eigenvalue weighted by Crippen LogP contribution is 2.34. The van der Waals surface area contributed by atoms with Crippen molar-refractivity contribution in [3.05, 3.63) is 71.0 Å². The molecule has 2 N–H and O–H groups in total. The number of rotatable bonds is 5. The summed E-state index contributed by atoms with van der Waals surface area (Å²) in [5, 5.41) is 6.76. The number of hydrogen-bond donors (Lipinski definition) is 2. The summed E-state index contributed by atoms with van der Waals surface area (Å²) >= 11 is 0. The Morgan fingerprint density at radius 3 is 2.68 bits per heavy atom. The van der Waals surface area contributed by atoms with Crippen molar-refractivity contribution in [2.75, 3.05) is 12.1 Å². The van der Waals surface area contributed by atoms with Crippen molar-refractivity contribution in [2.24, 2.45) is 5.10 Å². The maximum Gasteiger partial charge on any atom is 0.271 e. The van der Waals surface area contributed by atoms with Crippen molar-refractivity contribution in [2.45, 2.75) is 20.8 Å². The van der Waals surface area contributed by atoms with Crippen molar-refractivity contribution < 1.29 is 19.1 Å². The van der Waals surface area contributed by atoms with Crippen LogP contribution >= 0.6 is 0 Å². The maximum absolute atomic E-state index is 12.4. The van der Waals surface area contributed by atoms with Crippen LogP contribution in [0.4, 0.5) is 5.69 Å². The molecule has 0 fully saturated rings. The van der Waals surface area contributed by atoms with Crippen molar-refractivity contribution >= 4 is 23.7 Å². The number of carbonyl (C=O) groups excluding carboxylic acids is 2. The summed E-state index contributed by atoms with van der Waals surface area (Å²) in [5.41, 5.74) is 7.31. The van der Waals surface area contributed by atoms with E-state index in [4.69, 9.17) is 9.47 Å². The van der Waals surface area contributed by atoms with Gasteiger partial charge in [-0.3, -0.25) is 9.59 Å². The highest BCUT2D eigenvalue weighted by Gasteiger charge is 2.16. The van der Waals surface area contributed by atoms with Gasteiger partial charge >= 0.3 is 0 Å². The number of ether oxygens (including phenoxy) is 2. The minimum atomic E-state index is -0.368. The first-order chi connectivity index (χ1) is 14.9. The molecule has 0 radical (unpaired) electrons. The Morgan fingerprint density at radius 2 is 1.87 bits per heavy atom. The van der Waals surface area contributed by atoms with E-state index in [9.17, 15) is 9.59 Å². The maximum atomic E-state index is 12.4. The molecule has 0 spiro atoms. The molecule has 0 bridgehead atoms. The molecule has 8 nitrogen and oxygen atoms in total. The first-order valence-electron chi connectivity index (χ1n) is 9.72. The molecule has 1 aromatic heterocycles. The summed E-state index contributed by atoms with van der Waals surface area (Å²) in [4.78, 5) is 23.6. The first kappa shape index (κ1) is 20.2. The summed E-state index contributed by atoms with van der Waals surface area (Å²) < 4.78 is 12.9. The van der Waals surface area contributed by atoms with Gasteiger partial charge < -0.3 is 19.4 Å². The molecule has 4 rings (SSSR count). The number of nitrogens with zero attached hydrogens (tertiary/aromatic N) is 2. The van der Waals surface area contributed by atoms with Crippen LogP contribution < -0.4 is 20.2 Å². The number of amides is 2. The second kappa shape index (κ2) is 8.35. The standard InChI is InChI=1S/C23H22N4O4/c1-14-9-18(15(2)27(14)20-7-8-21-22(11-20)31-13-30-21)12-24-26-23(29)17-5-4-6-19(10-17)25-16(3)28/h4-12H,13H2,1-3H3,(H,25,28)(H,26,29). The van der Waals surface area contributed by atoms with Gasteiger partial charge in [-0.05, 0) is 50.2 Å². The quantitative estimate of drug-likeness (QED) is 0.489. The van der Waals surface area contributed by atoms with Crippen LogP contribution in [-0.2, 0) is 4.79 Å². The van der Waals surface area contributed by atoms with E-state index in [0.29, 0.717) is 17.0 Å². The zero-order valence-electron chi connectivity index (χ0n) is 17.4. The molecule has 31 heavy (non-hydrogen) atoms. The van der Waals surface area contributed by atoms with Gasteiger partial charge in [0.15, 0.2) is 11.5 Å². The third-order valence-corrected chi connectivity index (χ3v) is 4.90. The first-order valence-corrected chi connectivity index (χ1v) is 9.72. The van der Waals surface area contributed by atoms with Crippen molar-refractivity contribution in [3.8, 4) is 17.2 Å². The monoisotopic (exact) mass is 418 g/mol. The summed E-state index contributed by atoms with van der Waals surface area (Å²) in [5.74, 6) is 0.883. The average Bonchev–Trinajstić information content (AvgIpc) is 3.31. The van der Waals surface area contributed by atoms with Gasteiger partial charge in [0.05, 0.1) is 6.21 Å². The molecule has 0 aliphatic carbocycles. The SMILES string of the molecule is CC(=O)Nc1cccc(C(=O)NN=Cc2cc(C)n(-c3ccc4c(c3)OCO4)c2C)c1. The lowest BCUT2D eigenvalue weighted by molar-refractivity contribution is -0.114. The minimum Gasteiger partial charge on any atom is -0.454 e.